The molecule has 0 atom stereocenters. The molecule has 2 rings (SSSR count). The summed E-state index contributed by atoms with van der Waals surface area (Å²) in [6, 6.07) is 3.10. The molecule has 0 aromatic carbocycles. The number of aromatic nitrogens is 3. The van der Waals surface area contributed by atoms with Crippen LogP contribution < -0.4 is 5.32 Å². The van der Waals surface area contributed by atoms with Crippen LogP contribution >= 0.6 is 11.6 Å². The number of rotatable bonds is 5. The van der Waals surface area contributed by atoms with E-state index < -0.39 is 16.5 Å². The first kappa shape index (κ1) is 14.9. The zero-order valence-corrected chi connectivity index (χ0v) is 11.9. The molecule has 0 fully saturated rings. The number of nitrogens with one attached hydrogen (secondary N) is 1. The molecule has 2 aromatic rings. The lowest BCUT2D eigenvalue weighted by Crippen LogP contribution is -2.26. The minimum Gasteiger partial charge on any atom is -0.351 e. The summed E-state index contributed by atoms with van der Waals surface area (Å²) < 4.78 is 1.66. The number of halogens is 1. The SMILES string of the molecule is Cn1ccc(CCNC(=O)c2ccnc(Cl)c2[N+](=O)[O-])n1. The molecular weight excluding hydrogens is 298 g/mol. The van der Waals surface area contributed by atoms with E-state index in [1.54, 1.807) is 17.9 Å². The smallest absolute Gasteiger partial charge is 0.319 e. The molecule has 0 aliphatic carbocycles. The van der Waals surface area contributed by atoms with E-state index in [-0.39, 0.29) is 10.7 Å². The van der Waals surface area contributed by atoms with Crippen LogP contribution in [0.1, 0.15) is 16.1 Å². The molecule has 2 heterocycles. The van der Waals surface area contributed by atoms with Crippen molar-refractivity contribution in [3.05, 3.63) is 51.1 Å². The van der Waals surface area contributed by atoms with Gasteiger partial charge in [-0.05, 0) is 12.1 Å². The molecule has 21 heavy (non-hydrogen) atoms. The molecule has 1 N–H and O–H groups in total. The second-order valence-corrected chi connectivity index (χ2v) is 4.60. The van der Waals surface area contributed by atoms with Crippen molar-refractivity contribution in [2.75, 3.05) is 6.54 Å². The molecular formula is C12H12ClN5O3. The van der Waals surface area contributed by atoms with Gasteiger partial charge in [0.2, 0.25) is 5.15 Å². The third-order valence-corrected chi connectivity index (χ3v) is 3.02. The van der Waals surface area contributed by atoms with Gasteiger partial charge in [0, 0.05) is 32.4 Å². The van der Waals surface area contributed by atoms with Crippen molar-refractivity contribution in [2.45, 2.75) is 6.42 Å². The zero-order valence-electron chi connectivity index (χ0n) is 11.1. The van der Waals surface area contributed by atoms with Crippen LogP contribution in [0, 0.1) is 10.1 Å². The Kier molecular flexibility index (Phi) is 4.49. The lowest BCUT2D eigenvalue weighted by atomic mass is 10.2. The van der Waals surface area contributed by atoms with Gasteiger partial charge in [-0.2, -0.15) is 5.10 Å². The van der Waals surface area contributed by atoms with Crippen LogP contribution in [-0.2, 0) is 13.5 Å². The molecule has 0 bridgehead atoms. The molecule has 0 saturated heterocycles. The number of hydrogen-bond acceptors (Lipinski definition) is 5. The van der Waals surface area contributed by atoms with E-state index in [0.717, 1.165) is 5.69 Å². The summed E-state index contributed by atoms with van der Waals surface area (Å²) in [5.41, 5.74) is 0.218. The first-order valence-electron chi connectivity index (χ1n) is 6.04. The topological polar surface area (TPSA) is 103 Å². The number of pyridine rings is 1. The van der Waals surface area contributed by atoms with Gasteiger partial charge in [0.25, 0.3) is 5.91 Å². The second-order valence-electron chi connectivity index (χ2n) is 4.24. The van der Waals surface area contributed by atoms with Crippen molar-refractivity contribution >= 4 is 23.2 Å². The lowest BCUT2D eigenvalue weighted by Gasteiger charge is -2.05. The highest BCUT2D eigenvalue weighted by molar-refractivity contribution is 6.32. The van der Waals surface area contributed by atoms with E-state index in [9.17, 15) is 14.9 Å². The van der Waals surface area contributed by atoms with Crippen molar-refractivity contribution in [3.8, 4) is 0 Å². The van der Waals surface area contributed by atoms with Gasteiger partial charge in [0.1, 0.15) is 5.56 Å². The Bertz CT molecular complexity index is 685. The minimum atomic E-state index is -0.719. The molecule has 0 radical (unpaired) electrons. The number of nitrogens with zero attached hydrogens (tertiary/aromatic N) is 4. The quantitative estimate of drug-likeness (QED) is 0.510. The molecule has 1 amide bonds. The van der Waals surface area contributed by atoms with Crippen LogP contribution in [-0.4, -0.2) is 32.1 Å². The average Bonchev–Trinajstić information content (AvgIpc) is 2.83. The molecule has 0 unspecified atom stereocenters. The highest BCUT2D eigenvalue weighted by Crippen LogP contribution is 2.25. The second kappa shape index (κ2) is 6.31. The van der Waals surface area contributed by atoms with Gasteiger partial charge < -0.3 is 5.32 Å². The summed E-state index contributed by atoms with van der Waals surface area (Å²) in [5, 5.41) is 17.4. The Balaban J connectivity index is 2.04. The van der Waals surface area contributed by atoms with Gasteiger partial charge in [-0.25, -0.2) is 4.98 Å². The number of carbonyl (C=O) groups is 1. The Morgan fingerprint density at radius 2 is 2.29 bits per heavy atom. The number of hydrogen-bond donors (Lipinski definition) is 1. The van der Waals surface area contributed by atoms with Gasteiger partial charge in [0.15, 0.2) is 0 Å². The van der Waals surface area contributed by atoms with Crippen LogP contribution in [0.3, 0.4) is 0 Å². The Morgan fingerprint density at radius 3 is 2.90 bits per heavy atom. The van der Waals surface area contributed by atoms with Gasteiger partial charge in [-0.15, -0.1) is 0 Å². The van der Waals surface area contributed by atoms with Gasteiger partial charge in [-0.1, -0.05) is 11.6 Å². The minimum absolute atomic E-state index is 0.110. The number of aryl methyl sites for hydroxylation is 1. The predicted molar refractivity (Wildman–Crippen MR) is 75.1 cm³/mol. The molecule has 0 spiro atoms. The Labute approximate surface area is 124 Å². The van der Waals surface area contributed by atoms with Crippen LogP contribution in [0.15, 0.2) is 24.5 Å². The van der Waals surface area contributed by atoms with Gasteiger partial charge >= 0.3 is 5.69 Å². The normalized spacial score (nSPS) is 10.4. The van der Waals surface area contributed by atoms with Crippen LogP contribution in [0.2, 0.25) is 5.15 Å². The van der Waals surface area contributed by atoms with E-state index in [1.807, 2.05) is 6.07 Å². The highest BCUT2D eigenvalue weighted by atomic mass is 35.5. The maximum atomic E-state index is 12.0. The third kappa shape index (κ3) is 3.54. The molecule has 0 saturated carbocycles. The predicted octanol–water partition coefficient (Wildman–Crippen LogP) is 1.35. The van der Waals surface area contributed by atoms with Crippen molar-refractivity contribution in [1.29, 1.82) is 0 Å². The molecule has 0 aliphatic rings. The number of amides is 1. The lowest BCUT2D eigenvalue weighted by molar-refractivity contribution is -0.385. The van der Waals surface area contributed by atoms with E-state index in [1.165, 1.54) is 12.3 Å². The summed E-state index contributed by atoms with van der Waals surface area (Å²) in [7, 11) is 1.80. The van der Waals surface area contributed by atoms with E-state index in [2.05, 4.69) is 15.4 Å². The molecule has 2 aromatic heterocycles. The van der Waals surface area contributed by atoms with Crippen LogP contribution in [0.5, 0.6) is 0 Å². The number of nitro groups is 1. The summed E-state index contributed by atoms with van der Waals surface area (Å²) in [5.74, 6) is -0.568. The van der Waals surface area contributed by atoms with Crippen molar-refractivity contribution in [3.63, 3.8) is 0 Å². The molecule has 0 aliphatic heterocycles. The van der Waals surface area contributed by atoms with Crippen molar-refractivity contribution < 1.29 is 9.72 Å². The van der Waals surface area contributed by atoms with Crippen LogP contribution in [0.25, 0.3) is 0 Å². The summed E-state index contributed by atoms with van der Waals surface area (Å²) in [6.45, 7) is 0.312. The monoisotopic (exact) mass is 309 g/mol. The van der Waals surface area contributed by atoms with E-state index in [4.69, 9.17) is 11.6 Å². The first-order valence-corrected chi connectivity index (χ1v) is 6.42. The van der Waals surface area contributed by atoms with Gasteiger partial charge in [0.05, 0.1) is 10.6 Å². The largest absolute Gasteiger partial charge is 0.351 e. The molecule has 110 valence electrons. The average molecular weight is 310 g/mol. The van der Waals surface area contributed by atoms with Crippen molar-refractivity contribution in [1.82, 2.24) is 20.1 Å². The summed E-state index contributed by atoms with van der Waals surface area (Å²) in [4.78, 5) is 25.8. The molecule has 8 nitrogen and oxygen atoms in total. The maximum Gasteiger partial charge on any atom is 0.319 e. The fourth-order valence-corrected chi connectivity index (χ4v) is 2.01. The Hall–Kier alpha value is -2.48. The highest BCUT2D eigenvalue weighted by Gasteiger charge is 2.24. The zero-order chi connectivity index (χ0) is 15.4. The summed E-state index contributed by atoms with van der Waals surface area (Å²) >= 11 is 5.66. The standard InChI is InChI=1S/C12H12ClN5O3/c1-17-7-4-8(16-17)2-5-15-12(19)9-3-6-14-11(13)10(9)18(20)21/h3-4,6-7H,2,5H2,1H3,(H,15,19). The number of carbonyl (C=O) groups excluding carboxylic acids is 1. The van der Waals surface area contributed by atoms with E-state index in [0.29, 0.717) is 13.0 Å². The molecule has 9 heteroatoms. The fourth-order valence-electron chi connectivity index (χ4n) is 1.78. The van der Waals surface area contributed by atoms with Crippen molar-refractivity contribution in [2.24, 2.45) is 7.05 Å². The Morgan fingerprint density at radius 1 is 1.52 bits per heavy atom. The van der Waals surface area contributed by atoms with Gasteiger partial charge in [-0.3, -0.25) is 19.6 Å². The third-order valence-electron chi connectivity index (χ3n) is 2.74. The van der Waals surface area contributed by atoms with E-state index >= 15 is 0 Å². The van der Waals surface area contributed by atoms with Crippen LogP contribution in [0.4, 0.5) is 5.69 Å². The summed E-state index contributed by atoms with van der Waals surface area (Å²) in [6.07, 6.45) is 3.58. The fraction of sp³-hybridized carbons (Fsp3) is 0.250. The maximum absolute atomic E-state index is 12.0. The first-order chi connectivity index (χ1) is 9.99.